The molecule has 0 bridgehead atoms. The lowest BCUT2D eigenvalue weighted by Gasteiger charge is -2.23. The van der Waals surface area contributed by atoms with Gasteiger partial charge >= 0.3 is 5.37 Å². The van der Waals surface area contributed by atoms with Gasteiger partial charge in [-0.15, -0.1) is 0 Å². The van der Waals surface area contributed by atoms with E-state index in [-0.39, 0.29) is 5.54 Å². The predicted molar refractivity (Wildman–Crippen MR) is 41.3 cm³/mol. The van der Waals surface area contributed by atoms with Crippen molar-refractivity contribution >= 4 is 17.0 Å². The van der Waals surface area contributed by atoms with Crippen molar-refractivity contribution in [3.05, 3.63) is 0 Å². The molecule has 0 unspecified atom stereocenters. The quantitative estimate of drug-likeness (QED) is 0.464. The Balaban J connectivity index is 2.43. The second-order valence-corrected chi connectivity index (χ2v) is 3.51. The van der Waals surface area contributed by atoms with Crippen molar-refractivity contribution in [1.29, 1.82) is 0 Å². The van der Waals surface area contributed by atoms with E-state index in [9.17, 15) is 4.79 Å². The molecule has 0 aromatic carbocycles. The molecule has 1 rings (SSSR count). The largest absolute Gasteiger partial charge is 0.337 e. The first-order chi connectivity index (χ1) is 4.62. The Morgan fingerprint density at radius 1 is 1.50 bits per heavy atom. The fourth-order valence-corrected chi connectivity index (χ4v) is 1.75. The van der Waals surface area contributed by atoms with Crippen LogP contribution in [0.4, 0.5) is 4.79 Å². The minimum Gasteiger partial charge on any atom is -0.337 e. The smallest absolute Gasteiger partial charge is 0.314 e. The van der Waals surface area contributed by atoms with Gasteiger partial charge in [0.15, 0.2) is 0 Å². The molecule has 58 valence electrons. The minimum absolute atomic E-state index is 0.0150. The number of halogens is 1. The summed E-state index contributed by atoms with van der Waals surface area (Å²) in [5.41, 5.74) is -0.0150. The van der Waals surface area contributed by atoms with Gasteiger partial charge in [-0.3, -0.25) is 4.79 Å². The molecule has 0 radical (unpaired) electrons. The van der Waals surface area contributed by atoms with Gasteiger partial charge in [-0.05, 0) is 31.4 Å². The summed E-state index contributed by atoms with van der Waals surface area (Å²) in [6, 6.07) is 0. The highest BCUT2D eigenvalue weighted by molar-refractivity contribution is 6.63. The number of carbonyl (C=O) groups excluding carboxylic acids is 1. The third-order valence-corrected chi connectivity index (χ3v) is 2.20. The van der Waals surface area contributed by atoms with E-state index in [1.807, 2.05) is 6.92 Å². The molecule has 0 aromatic rings. The molecule has 0 aromatic heterocycles. The van der Waals surface area contributed by atoms with E-state index >= 15 is 0 Å². The van der Waals surface area contributed by atoms with Crippen LogP contribution in [0.3, 0.4) is 0 Å². The van der Waals surface area contributed by atoms with Crippen LogP contribution in [0.25, 0.3) is 0 Å². The molecule has 2 nitrogen and oxygen atoms in total. The Hall–Kier alpha value is -0.240. The van der Waals surface area contributed by atoms with E-state index in [1.54, 1.807) is 0 Å². The van der Waals surface area contributed by atoms with E-state index < -0.39 is 5.37 Å². The van der Waals surface area contributed by atoms with Gasteiger partial charge in [-0.25, -0.2) is 0 Å². The highest BCUT2D eigenvalue weighted by Gasteiger charge is 2.29. The lowest BCUT2D eigenvalue weighted by atomic mass is 10.0. The lowest BCUT2D eigenvalue weighted by Crippen LogP contribution is -2.40. The standard InChI is InChI=1S/C7H12ClNO/c1-7(9-6(8)10)4-2-3-5-7/h2-5H2,1H3,(H,9,10). The summed E-state index contributed by atoms with van der Waals surface area (Å²) in [5.74, 6) is 0. The van der Waals surface area contributed by atoms with Gasteiger partial charge in [-0.1, -0.05) is 12.8 Å². The Morgan fingerprint density at radius 2 is 2.00 bits per heavy atom. The Labute approximate surface area is 65.9 Å². The van der Waals surface area contributed by atoms with Crippen LogP contribution in [0, 0.1) is 0 Å². The summed E-state index contributed by atoms with van der Waals surface area (Å²) in [4.78, 5) is 10.5. The van der Waals surface area contributed by atoms with Crippen LogP contribution in [0.1, 0.15) is 32.6 Å². The van der Waals surface area contributed by atoms with Gasteiger partial charge in [0, 0.05) is 5.54 Å². The Kier molecular flexibility index (Phi) is 2.19. The lowest BCUT2D eigenvalue weighted by molar-refractivity contribution is 0.248. The zero-order valence-corrected chi connectivity index (χ0v) is 6.87. The maximum absolute atomic E-state index is 10.5. The van der Waals surface area contributed by atoms with Crippen LogP contribution in [0.5, 0.6) is 0 Å². The molecule has 0 saturated heterocycles. The Morgan fingerprint density at radius 3 is 2.40 bits per heavy atom. The highest BCUT2D eigenvalue weighted by atomic mass is 35.5. The van der Waals surface area contributed by atoms with Gasteiger partial charge in [-0.2, -0.15) is 0 Å². The van der Waals surface area contributed by atoms with Crippen LogP contribution in [-0.4, -0.2) is 10.9 Å². The molecular weight excluding hydrogens is 150 g/mol. The van der Waals surface area contributed by atoms with Crippen molar-refractivity contribution in [3.63, 3.8) is 0 Å². The third kappa shape index (κ3) is 1.87. The van der Waals surface area contributed by atoms with E-state index in [1.165, 1.54) is 12.8 Å². The normalized spacial score (nSPS) is 22.6. The SMILES string of the molecule is CC1(NC(=O)Cl)CCCC1. The first-order valence-corrected chi connectivity index (χ1v) is 3.98. The second kappa shape index (κ2) is 2.79. The number of amides is 1. The molecule has 0 aliphatic heterocycles. The molecule has 1 N–H and O–H groups in total. The average Bonchev–Trinajstić information content (AvgIpc) is 2.12. The van der Waals surface area contributed by atoms with Crippen LogP contribution in [0.15, 0.2) is 0 Å². The predicted octanol–water partition coefficient (Wildman–Crippen LogP) is 2.27. The zero-order valence-electron chi connectivity index (χ0n) is 6.11. The summed E-state index contributed by atoms with van der Waals surface area (Å²) >= 11 is 5.20. The summed E-state index contributed by atoms with van der Waals surface area (Å²) in [5, 5.41) is 2.32. The summed E-state index contributed by atoms with van der Waals surface area (Å²) in [6.07, 6.45) is 4.53. The van der Waals surface area contributed by atoms with Crippen LogP contribution < -0.4 is 5.32 Å². The number of carbonyl (C=O) groups is 1. The molecule has 1 aliphatic carbocycles. The topological polar surface area (TPSA) is 29.1 Å². The van der Waals surface area contributed by atoms with E-state index in [0.29, 0.717) is 0 Å². The van der Waals surface area contributed by atoms with E-state index in [2.05, 4.69) is 5.32 Å². The molecule has 3 heteroatoms. The number of hydrogen-bond donors (Lipinski definition) is 1. The molecule has 1 amide bonds. The van der Waals surface area contributed by atoms with Crippen LogP contribution in [-0.2, 0) is 0 Å². The highest BCUT2D eigenvalue weighted by Crippen LogP contribution is 2.28. The fraction of sp³-hybridized carbons (Fsp3) is 0.857. The first kappa shape index (κ1) is 7.86. The number of hydrogen-bond acceptors (Lipinski definition) is 1. The summed E-state index contributed by atoms with van der Waals surface area (Å²) in [7, 11) is 0. The summed E-state index contributed by atoms with van der Waals surface area (Å²) in [6.45, 7) is 2.04. The molecule has 0 heterocycles. The van der Waals surface area contributed by atoms with Crippen LogP contribution >= 0.6 is 11.6 Å². The van der Waals surface area contributed by atoms with Gasteiger partial charge in [0.1, 0.15) is 0 Å². The molecule has 0 spiro atoms. The van der Waals surface area contributed by atoms with Crippen LogP contribution in [0.2, 0.25) is 0 Å². The van der Waals surface area contributed by atoms with Crippen molar-refractivity contribution < 1.29 is 4.79 Å². The van der Waals surface area contributed by atoms with Crippen molar-refractivity contribution in [2.24, 2.45) is 0 Å². The van der Waals surface area contributed by atoms with Gasteiger partial charge in [0.05, 0.1) is 0 Å². The van der Waals surface area contributed by atoms with Crippen molar-refractivity contribution in [2.75, 3.05) is 0 Å². The second-order valence-electron chi connectivity index (χ2n) is 3.17. The first-order valence-electron chi connectivity index (χ1n) is 3.60. The van der Waals surface area contributed by atoms with Crippen molar-refractivity contribution in [3.8, 4) is 0 Å². The zero-order chi connectivity index (χ0) is 7.61. The maximum Gasteiger partial charge on any atom is 0.314 e. The third-order valence-electron chi connectivity index (χ3n) is 2.11. The maximum atomic E-state index is 10.5. The average molecular weight is 162 g/mol. The molecule has 0 atom stereocenters. The minimum atomic E-state index is -0.426. The van der Waals surface area contributed by atoms with Crippen molar-refractivity contribution in [2.45, 2.75) is 38.1 Å². The molecule has 1 fully saturated rings. The molecular formula is C7H12ClNO. The van der Waals surface area contributed by atoms with Gasteiger partial charge in [0.2, 0.25) is 0 Å². The van der Waals surface area contributed by atoms with E-state index in [4.69, 9.17) is 11.6 Å². The van der Waals surface area contributed by atoms with Gasteiger partial charge < -0.3 is 5.32 Å². The van der Waals surface area contributed by atoms with Crippen molar-refractivity contribution in [1.82, 2.24) is 5.32 Å². The fourth-order valence-electron chi connectivity index (χ4n) is 1.52. The molecule has 1 aliphatic rings. The van der Waals surface area contributed by atoms with Gasteiger partial charge in [0.25, 0.3) is 0 Å². The number of rotatable bonds is 1. The molecule has 1 saturated carbocycles. The monoisotopic (exact) mass is 161 g/mol. The summed E-state index contributed by atoms with van der Waals surface area (Å²) < 4.78 is 0. The number of nitrogens with one attached hydrogen (secondary N) is 1. The molecule has 10 heavy (non-hydrogen) atoms. The Bertz CT molecular complexity index is 141. The van der Waals surface area contributed by atoms with E-state index in [0.717, 1.165) is 12.8 Å².